The van der Waals surface area contributed by atoms with Crippen molar-refractivity contribution in [3.63, 3.8) is 0 Å². The van der Waals surface area contributed by atoms with Crippen molar-refractivity contribution in [3.8, 4) is 0 Å². The quantitative estimate of drug-likeness (QED) is 0.896. The second-order valence-electron chi connectivity index (χ2n) is 5.33. The summed E-state index contributed by atoms with van der Waals surface area (Å²) in [7, 11) is 1.95. The first kappa shape index (κ1) is 14.5. The number of imidazole rings is 1. The molecule has 0 aromatic carbocycles. The van der Waals surface area contributed by atoms with E-state index >= 15 is 0 Å². The van der Waals surface area contributed by atoms with Crippen molar-refractivity contribution in [2.75, 3.05) is 11.9 Å². The summed E-state index contributed by atoms with van der Waals surface area (Å²) in [5.74, 6) is 0.450. The summed E-state index contributed by atoms with van der Waals surface area (Å²) in [5.41, 5.74) is 0.0395. The second-order valence-corrected chi connectivity index (χ2v) is 5.33. The van der Waals surface area contributed by atoms with Crippen LogP contribution in [-0.2, 0) is 11.8 Å². The lowest BCUT2D eigenvalue weighted by Crippen LogP contribution is -2.31. The number of ether oxygens (including phenoxy) is 1. The van der Waals surface area contributed by atoms with Gasteiger partial charge in [-0.3, -0.25) is 0 Å². The highest BCUT2D eigenvalue weighted by molar-refractivity contribution is 5.85. The average Bonchev–Trinajstić information content (AvgIpc) is 2.94. The van der Waals surface area contributed by atoms with Gasteiger partial charge >= 0.3 is 5.97 Å². The van der Waals surface area contributed by atoms with E-state index in [-0.39, 0.29) is 17.8 Å². The minimum absolute atomic E-state index is 0.0395. The molecule has 0 radical (unpaired) electrons. The summed E-state index contributed by atoms with van der Waals surface area (Å²) in [6, 6.07) is 5.12. The molecule has 1 fully saturated rings. The molecule has 0 aliphatic carbocycles. The average molecular weight is 302 g/mol. The maximum absolute atomic E-state index is 11.0. The van der Waals surface area contributed by atoms with E-state index in [0.29, 0.717) is 12.4 Å². The van der Waals surface area contributed by atoms with Gasteiger partial charge in [-0.15, -0.1) is 0 Å². The number of hydrogen-bond donors (Lipinski definition) is 2. The molecule has 2 N–H and O–H groups in total. The Hall–Kier alpha value is -2.41. The van der Waals surface area contributed by atoms with E-state index in [9.17, 15) is 4.79 Å². The first-order valence-corrected chi connectivity index (χ1v) is 7.19. The standard InChI is InChI=1S/C15H18N4O3/c1-19-7-6-16-14(19)12-9-10(5-8-22-12)17-13-4-2-3-11(18-13)15(20)21/h2-4,6-7,10,12H,5,8-9H2,1H3,(H,17,18)(H,20,21). The van der Waals surface area contributed by atoms with Gasteiger partial charge in [0.25, 0.3) is 0 Å². The lowest BCUT2D eigenvalue weighted by molar-refractivity contribution is 0.00286. The molecule has 1 aliphatic heterocycles. The Balaban J connectivity index is 1.69. The van der Waals surface area contributed by atoms with Crippen molar-refractivity contribution in [1.29, 1.82) is 0 Å². The molecule has 116 valence electrons. The monoisotopic (exact) mass is 302 g/mol. The number of nitrogens with one attached hydrogen (secondary N) is 1. The van der Waals surface area contributed by atoms with Gasteiger partial charge in [0.2, 0.25) is 0 Å². The van der Waals surface area contributed by atoms with Crippen LogP contribution in [0.5, 0.6) is 0 Å². The summed E-state index contributed by atoms with van der Waals surface area (Å²) >= 11 is 0. The number of anilines is 1. The molecule has 0 saturated carbocycles. The van der Waals surface area contributed by atoms with Gasteiger partial charge in [-0.05, 0) is 18.6 Å². The molecule has 2 atom stereocenters. The summed E-state index contributed by atoms with van der Waals surface area (Å²) in [5, 5.41) is 12.3. The number of nitrogens with zero attached hydrogens (tertiary/aromatic N) is 3. The fourth-order valence-corrected chi connectivity index (χ4v) is 2.64. The molecule has 7 nitrogen and oxygen atoms in total. The molecule has 2 unspecified atom stereocenters. The number of hydrogen-bond acceptors (Lipinski definition) is 5. The first-order valence-electron chi connectivity index (χ1n) is 7.19. The van der Waals surface area contributed by atoms with Crippen LogP contribution in [0.2, 0.25) is 0 Å². The fourth-order valence-electron chi connectivity index (χ4n) is 2.64. The van der Waals surface area contributed by atoms with Gasteiger partial charge < -0.3 is 19.7 Å². The number of pyridine rings is 1. The van der Waals surface area contributed by atoms with E-state index in [0.717, 1.165) is 18.7 Å². The second kappa shape index (κ2) is 6.15. The molecule has 3 rings (SSSR count). The third kappa shape index (κ3) is 3.09. The highest BCUT2D eigenvalue weighted by Crippen LogP contribution is 2.28. The summed E-state index contributed by atoms with van der Waals surface area (Å²) in [6.07, 6.45) is 5.21. The van der Waals surface area contributed by atoms with Crippen LogP contribution in [0.15, 0.2) is 30.6 Å². The number of aromatic carboxylic acids is 1. The molecular formula is C15H18N4O3. The van der Waals surface area contributed by atoms with Crippen molar-refractivity contribution < 1.29 is 14.6 Å². The Bertz CT molecular complexity index is 670. The van der Waals surface area contributed by atoms with Crippen molar-refractivity contribution in [2.24, 2.45) is 7.05 Å². The number of aromatic nitrogens is 3. The van der Waals surface area contributed by atoms with E-state index in [1.807, 2.05) is 17.8 Å². The van der Waals surface area contributed by atoms with Crippen LogP contribution < -0.4 is 5.32 Å². The Labute approximate surface area is 128 Å². The maximum atomic E-state index is 11.0. The summed E-state index contributed by atoms with van der Waals surface area (Å²) < 4.78 is 7.75. The zero-order valence-electron chi connectivity index (χ0n) is 12.3. The van der Waals surface area contributed by atoms with Crippen molar-refractivity contribution in [1.82, 2.24) is 14.5 Å². The lowest BCUT2D eigenvalue weighted by Gasteiger charge is -2.30. The molecule has 0 amide bonds. The molecule has 0 bridgehead atoms. The molecule has 1 saturated heterocycles. The summed E-state index contributed by atoms with van der Waals surface area (Å²) in [6.45, 7) is 0.633. The number of carboxylic acid groups (broad SMARTS) is 1. The zero-order valence-corrected chi connectivity index (χ0v) is 12.3. The minimum Gasteiger partial charge on any atom is -0.477 e. The van der Waals surface area contributed by atoms with Gasteiger partial charge in [-0.25, -0.2) is 14.8 Å². The highest BCUT2D eigenvalue weighted by Gasteiger charge is 2.26. The summed E-state index contributed by atoms with van der Waals surface area (Å²) in [4.78, 5) is 19.4. The third-order valence-electron chi connectivity index (χ3n) is 3.75. The normalized spacial score (nSPS) is 21.5. The molecule has 1 aliphatic rings. The van der Waals surface area contributed by atoms with Crippen LogP contribution in [0.25, 0.3) is 0 Å². The van der Waals surface area contributed by atoms with Gasteiger partial charge in [0.15, 0.2) is 5.69 Å². The molecular weight excluding hydrogens is 284 g/mol. The Kier molecular flexibility index (Phi) is 4.06. The van der Waals surface area contributed by atoms with Crippen molar-refractivity contribution in [2.45, 2.75) is 25.0 Å². The molecule has 0 spiro atoms. The number of carbonyl (C=O) groups is 1. The minimum atomic E-state index is -1.03. The SMILES string of the molecule is Cn1ccnc1C1CC(Nc2cccc(C(=O)O)n2)CCO1. The zero-order chi connectivity index (χ0) is 15.5. The van der Waals surface area contributed by atoms with E-state index < -0.39 is 5.97 Å². The van der Waals surface area contributed by atoms with E-state index in [4.69, 9.17) is 9.84 Å². The van der Waals surface area contributed by atoms with Crippen LogP contribution in [0.3, 0.4) is 0 Å². The maximum Gasteiger partial charge on any atom is 0.354 e. The predicted molar refractivity (Wildman–Crippen MR) is 79.7 cm³/mol. The third-order valence-corrected chi connectivity index (χ3v) is 3.75. The first-order chi connectivity index (χ1) is 10.6. The van der Waals surface area contributed by atoms with Crippen molar-refractivity contribution in [3.05, 3.63) is 42.1 Å². The van der Waals surface area contributed by atoms with E-state index in [1.165, 1.54) is 6.07 Å². The number of rotatable bonds is 4. The van der Waals surface area contributed by atoms with Crippen molar-refractivity contribution >= 4 is 11.8 Å². The Morgan fingerprint density at radius 1 is 1.50 bits per heavy atom. The largest absolute Gasteiger partial charge is 0.477 e. The smallest absolute Gasteiger partial charge is 0.354 e. The molecule has 2 aromatic rings. The van der Waals surface area contributed by atoms with Gasteiger partial charge in [0, 0.05) is 38.5 Å². The van der Waals surface area contributed by atoms with E-state index in [1.54, 1.807) is 18.3 Å². The number of aryl methyl sites for hydroxylation is 1. The van der Waals surface area contributed by atoms with Gasteiger partial charge in [-0.1, -0.05) is 6.07 Å². The number of carboxylic acids is 1. The van der Waals surface area contributed by atoms with E-state index in [2.05, 4.69) is 15.3 Å². The molecule has 2 aromatic heterocycles. The fraction of sp³-hybridized carbons (Fsp3) is 0.400. The topological polar surface area (TPSA) is 89.3 Å². The van der Waals surface area contributed by atoms with Gasteiger partial charge in [-0.2, -0.15) is 0 Å². The van der Waals surface area contributed by atoms with Crippen LogP contribution >= 0.6 is 0 Å². The Morgan fingerprint density at radius 3 is 3.09 bits per heavy atom. The van der Waals surface area contributed by atoms with Crippen LogP contribution in [0, 0.1) is 0 Å². The van der Waals surface area contributed by atoms with Crippen LogP contribution in [0.1, 0.15) is 35.3 Å². The van der Waals surface area contributed by atoms with Gasteiger partial charge in [0.05, 0.1) is 0 Å². The highest BCUT2D eigenvalue weighted by atomic mass is 16.5. The van der Waals surface area contributed by atoms with Gasteiger partial charge in [0.1, 0.15) is 17.7 Å². The lowest BCUT2D eigenvalue weighted by atomic mass is 10.0. The predicted octanol–water partition coefficient (Wildman–Crippen LogP) is 1.85. The molecule has 22 heavy (non-hydrogen) atoms. The van der Waals surface area contributed by atoms with Crippen LogP contribution in [0.4, 0.5) is 5.82 Å². The molecule has 7 heteroatoms. The molecule has 3 heterocycles. The Morgan fingerprint density at radius 2 is 2.36 bits per heavy atom. The van der Waals surface area contributed by atoms with Crippen LogP contribution in [-0.4, -0.2) is 38.3 Å².